The van der Waals surface area contributed by atoms with Gasteiger partial charge in [-0.2, -0.15) is 4.98 Å². The topological polar surface area (TPSA) is 60.2 Å². The van der Waals surface area contributed by atoms with E-state index in [2.05, 4.69) is 22.2 Å². The van der Waals surface area contributed by atoms with Crippen molar-refractivity contribution in [2.45, 2.75) is 32.7 Å². The van der Waals surface area contributed by atoms with Crippen LogP contribution >= 0.6 is 0 Å². The summed E-state index contributed by atoms with van der Waals surface area (Å²) >= 11 is 0. The lowest BCUT2D eigenvalue weighted by molar-refractivity contribution is 0.227. The molecule has 2 aromatic rings. The van der Waals surface area contributed by atoms with Crippen LogP contribution in [0.5, 0.6) is 6.08 Å². The third-order valence-electron chi connectivity index (χ3n) is 2.85. The molecule has 2 heterocycles. The average Bonchev–Trinajstić information content (AvgIpc) is 2.93. The number of hydrogen-bond donors (Lipinski definition) is 1. The minimum atomic E-state index is 0.355. The standard InChI is InChI=1S/C15H21N3O2/c1-2-7-17-11-14-12-20-15(18-14)19-10-3-4-13-5-8-16-9-6-13/h5-6,8-9,12,17H,2-4,7,10-11H2,1H3. The Labute approximate surface area is 119 Å². The van der Waals surface area contributed by atoms with Gasteiger partial charge in [-0.1, -0.05) is 6.92 Å². The Morgan fingerprint density at radius 1 is 1.30 bits per heavy atom. The van der Waals surface area contributed by atoms with Gasteiger partial charge in [-0.25, -0.2) is 0 Å². The summed E-state index contributed by atoms with van der Waals surface area (Å²) in [5.41, 5.74) is 2.14. The zero-order chi connectivity index (χ0) is 14.0. The van der Waals surface area contributed by atoms with Gasteiger partial charge in [-0.05, 0) is 43.5 Å². The maximum atomic E-state index is 5.49. The highest BCUT2D eigenvalue weighted by molar-refractivity contribution is 5.09. The minimum absolute atomic E-state index is 0.355. The largest absolute Gasteiger partial charge is 0.450 e. The van der Waals surface area contributed by atoms with E-state index in [1.807, 2.05) is 12.1 Å². The summed E-state index contributed by atoms with van der Waals surface area (Å²) in [5.74, 6) is 0. The molecule has 0 saturated heterocycles. The van der Waals surface area contributed by atoms with Gasteiger partial charge in [0, 0.05) is 18.9 Å². The molecule has 0 unspecified atom stereocenters. The van der Waals surface area contributed by atoms with E-state index in [9.17, 15) is 0 Å². The molecule has 0 aliphatic carbocycles. The first-order chi connectivity index (χ1) is 9.88. The van der Waals surface area contributed by atoms with Crippen molar-refractivity contribution < 1.29 is 9.15 Å². The molecule has 2 rings (SSSR count). The monoisotopic (exact) mass is 275 g/mol. The fraction of sp³-hybridized carbons (Fsp3) is 0.467. The molecule has 0 fully saturated rings. The van der Waals surface area contributed by atoms with Gasteiger partial charge in [0.05, 0.1) is 12.3 Å². The van der Waals surface area contributed by atoms with Crippen molar-refractivity contribution in [1.29, 1.82) is 0 Å². The van der Waals surface area contributed by atoms with Crippen LogP contribution in [0.2, 0.25) is 0 Å². The molecule has 5 nitrogen and oxygen atoms in total. The Balaban J connectivity index is 1.64. The summed E-state index contributed by atoms with van der Waals surface area (Å²) in [7, 11) is 0. The molecule has 0 bridgehead atoms. The lowest BCUT2D eigenvalue weighted by Gasteiger charge is -2.01. The molecule has 0 saturated carbocycles. The molecule has 0 radical (unpaired) electrons. The molecule has 0 aliphatic rings. The molecular weight excluding hydrogens is 254 g/mol. The zero-order valence-electron chi connectivity index (χ0n) is 11.8. The smallest absolute Gasteiger partial charge is 0.393 e. The number of oxazole rings is 1. The third kappa shape index (κ3) is 5.01. The Kier molecular flexibility index (Phi) is 6.05. The molecular formula is C15H21N3O2. The van der Waals surface area contributed by atoms with Gasteiger partial charge in [-0.15, -0.1) is 0 Å². The van der Waals surface area contributed by atoms with Gasteiger partial charge in [0.25, 0.3) is 0 Å². The molecule has 0 aromatic carbocycles. The SMILES string of the molecule is CCCNCc1coc(OCCCc2ccncc2)n1. The van der Waals surface area contributed by atoms with E-state index < -0.39 is 0 Å². The van der Waals surface area contributed by atoms with Crippen molar-refractivity contribution in [3.05, 3.63) is 42.0 Å². The van der Waals surface area contributed by atoms with Crippen molar-refractivity contribution in [2.24, 2.45) is 0 Å². The van der Waals surface area contributed by atoms with Gasteiger partial charge >= 0.3 is 6.08 Å². The maximum Gasteiger partial charge on any atom is 0.393 e. The molecule has 20 heavy (non-hydrogen) atoms. The fourth-order valence-corrected chi connectivity index (χ4v) is 1.81. The second-order valence-corrected chi connectivity index (χ2v) is 4.59. The van der Waals surface area contributed by atoms with E-state index in [0.717, 1.165) is 38.0 Å². The number of rotatable bonds is 9. The summed E-state index contributed by atoms with van der Waals surface area (Å²) in [6.07, 6.45) is 8.61. The molecule has 5 heteroatoms. The number of pyridine rings is 1. The van der Waals surface area contributed by atoms with E-state index in [4.69, 9.17) is 9.15 Å². The normalized spacial score (nSPS) is 10.7. The highest BCUT2D eigenvalue weighted by Crippen LogP contribution is 2.11. The predicted octanol–water partition coefficient (Wildman–Crippen LogP) is 2.58. The van der Waals surface area contributed by atoms with Crippen molar-refractivity contribution >= 4 is 0 Å². The number of nitrogens with one attached hydrogen (secondary N) is 1. The Bertz CT molecular complexity index is 485. The van der Waals surface area contributed by atoms with Crippen LogP contribution in [-0.4, -0.2) is 23.1 Å². The third-order valence-corrected chi connectivity index (χ3v) is 2.85. The summed E-state index contributed by atoms with van der Waals surface area (Å²) in [6, 6.07) is 4.03. The van der Waals surface area contributed by atoms with Gasteiger partial charge in [0.15, 0.2) is 0 Å². The fourth-order valence-electron chi connectivity index (χ4n) is 1.81. The van der Waals surface area contributed by atoms with Gasteiger partial charge < -0.3 is 14.5 Å². The van der Waals surface area contributed by atoms with Crippen LogP contribution in [0.15, 0.2) is 35.2 Å². The van der Waals surface area contributed by atoms with Gasteiger partial charge in [0.2, 0.25) is 0 Å². The number of aromatic nitrogens is 2. The van der Waals surface area contributed by atoms with E-state index in [-0.39, 0.29) is 0 Å². The van der Waals surface area contributed by atoms with Crippen molar-refractivity contribution in [1.82, 2.24) is 15.3 Å². The van der Waals surface area contributed by atoms with Crippen molar-refractivity contribution in [3.8, 4) is 6.08 Å². The van der Waals surface area contributed by atoms with Crippen LogP contribution in [0, 0.1) is 0 Å². The highest BCUT2D eigenvalue weighted by atomic mass is 16.6. The molecule has 108 valence electrons. The highest BCUT2D eigenvalue weighted by Gasteiger charge is 2.04. The first kappa shape index (κ1) is 14.5. The maximum absolute atomic E-state index is 5.49. The molecule has 0 spiro atoms. The van der Waals surface area contributed by atoms with Gasteiger partial charge in [0.1, 0.15) is 6.26 Å². The number of ether oxygens (including phenoxy) is 1. The van der Waals surface area contributed by atoms with Crippen LogP contribution in [0.25, 0.3) is 0 Å². The molecule has 1 N–H and O–H groups in total. The van der Waals surface area contributed by atoms with E-state index >= 15 is 0 Å². The first-order valence-electron chi connectivity index (χ1n) is 7.05. The van der Waals surface area contributed by atoms with Gasteiger partial charge in [-0.3, -0.25) is 4.98 Å². The first-order valence-corrected chi connectivity index (χ1v) is 7.05. The lowest BCUT2D eigenvalue weighted by atomic mass is 10.1. The van der Waals surface area contributed by atoms with E-state index in [0.29, 0.717) is 12.7 Å². The van der Waals surface area contributed by atoms with Crippen LogP contribution in [0.4, 0.5) is 0 Å². The van der Waals surface area contributed by atoms with Crippen LogP contribution in [-0.2, 0) is 13.0 Å². The quantitative estimate of drug-likeness (QED) is 0.713. The van der Waals surface area contributed by atoms with E-state index in [1.54, 1.807) is 18.7 Å². The number of hydrogen-bond acceptors (Lipinski definition) is 5. The van der Waals surface area contributed by atoms with E-state index in [1.165, 1.54) is 5.56 Å². The number of nitrogens with zero attached hydrogens (tertiary/aromatic N) is 2. The Hall–Kier alpha value is -1.88. The van der Waals surface area contributed by atoms with Crippen LogP contribution < -0.4 is 10.1 Å². The Morgan fingerprint density at radius 2 is 2.15 bits per heavy atom. The van der Waals surface area contributed by atoms with Crippen molar-refractivity contribution in [2.75, 3.05) is 13.2 Å². The zero-order valence-corrected chi connectivity index (χ0v) is 11.8. The summed E-state index contributed by atoms with van der Waals surface area (Å²) in [5, 5.41) is 3.27. The van der Waals surface area contributed by atoms with Crippen molar-refractivity contribution in [3.63, 3.8) is 0 Å². The second kappa shape index (κ2) is 8.32. The lowest BCUT2D eigenvalue weighted by Crippen LogP contribution is -2.13. The molecule has 0 atom stereocenters. The number of aryl methyl sites for hydroxylation is 1. The molecule has 0 aliphatic heterocycles. The molecule has 0 amide bonds. The van der Waals surface area contributed by atoms with Crippen LogP contribution in [0.1, 0.15) is 31.0 Å². The second-order valence-electron chi connectivity index (χ2n) is 4.59. The Morgan fingerprint density at radius 3 is 2.95 bits per heavy atom. The average molecular weight is 275 g/mol. The summed E-state index contributed by atoms with van der Waals surface area (Å²) in [4.78, 5) is 8.26. The summed E-state index contributed by atoms with van der Waals surface area (Å²) in [6.45, 7) is 4.44. The minimum Gasteiger partial charge on any atom is -0.450 e. The summed E-state index contributed by atoms with van der Waals surface area (Å²) < 4.78 is 10.8. The predicted molar refractivity (Wildman–Crippen MR) is 76.6 cm³/mol. The van der Waals surface area contributed by atoms with Crippen LogP contribution in [0.3, 0.4) is 0 Å². The molecule has 2 aromatic heterocycles.